The second kappa shape index (κ2) is 22.7. The fourth-order valence-electron chi connectivity index (χ4n) is 8.22. The van der Waals surface area contributed by atoms with Gasteiger partial charge in [-0.1, -0.05) is 199 Å². The minimum atomic E-state index is -0.216. The number of phenolic OH excluding ortho intramolecular Hbond substituents is 2. The van der Waals surface area contributed by atoms with Crippen LogP contribution in [0.1, 0.15) is 72.2 Å². The molecule has 0 spiro atoms. The first-order valence-corrected chi connectivity index (χ1v) is 22.9. The van der Waals surface area contributed by atoms with Crippen LogP contribution >= 0.6 is 0 Å². The standard InChI is InChI=1S/C17H18O2.C13H18O2.C12H8O.C12H8.C8H8O/c1-11(2)17(18-3)19-15-10-9-13-8-7-12-5-4-6-14(15)16(12)13;1-5-11-6-8-12(9-7-11)15-13(14-4)10(2)3;13-11-7-6-9-5-4-8-2-1-3-10(11)12(8)9;1-3-9-4-2-6-11-8-7-10(5-1)12(9)11;1-2-7-3-5-8(9)6-4-7/h4-11,17H,1-3H3;5-10,13H,1H2,2-4H3;1-7,13H;1-8H;2-6,9H,1H2. The van der Waals surface area contributed by atoms with E-state index in [4.69, 9.17) is 24.1 Å². The van der Waals surface area contributed by atoms with E-state index in [2.05, 4.69) is 144 Å². The molecule has 0 heterocycles. The highest BCUT2D eigenvalue weighted by molar-refractivity contribution is 6.08. The van der Waals surface area contributed by atoms with E-state index in [1.54, 1.807) is 44.6 Å². The van der Waals surface area contributed by atoms with Crippen molar-refractivity contribution in [2.45, 2.75) is 40.3 Å². The molecule has 2 atom stereocenters. The third kappa shape index (κ3) is 11.5. The van der Waals surface area contributed by atoms with Crippen molar-refractivity contribution in [2.75, 3.05) is 14.2 Å². The molecule has 0 fully saturated rings. The summed E-state index contributed by atoms with van der Waals surface area (Å²) in [6, 6.07) is 47.7. The molecule has 0 radical (unpaired) electrons. The molecule has 3 aliphatic carbocycles. The fourth-order valence-corrected chi connectivity index (χ4v) is 8.22. The Morgan fingerprint density at radius 2 is 0.838 bits per heavy atom. The number of hydrogen-bond donors (Lipinski definition) is 2. The molecular formula is C62H60O6. The van der Waals surface area contributed by atoms with Gasteiger partial charge in [-0.15, -0.1) is 0 Å². The Hall–Kier alpha value is -7.64. The normalized spacial score (nSPS) is 12.6. The average Bonchev–Trinajstić information content (AvgIpc) is 4.12. The predicted octanol–water partition coefficient (Wildman–Crippen LogP) is 16.1. The molecule has 8 aromatic rings. The van der Waals surface area contributed by atoms with Crippen molar-refractivity contribution in [3.63, 3.8) is 0 Å². The highest BCUT2D eigenvalue weighted by Crippen LogP contribution is 2.38. The highest BCUT2D eigenvalue weighted by Gasteiger charge is 2.18. The molecule has 11 rings (SSSR count). The number of rotatable bonds is 10. The van der Waals surface area contributed by atoms with Crippen LogP contribution in [-0.4, -0.2) is 37.0 Å². The second-order valence-corrected chi connectivity index (χ2v) is 17.2. The topological polar surface area (TPSA) is 77.4 Å². The molecule has 8 aromatic carbocycles. The number of ether oxygens (including phenoxy) is 4. The molecular weight excluding hydrogens is 841 g/mol. The summed E-state index contributed by atoms with van der Waals surface area (Å²) in [7, 11) is 3.34. The van der Waals surface area contributed by atoms with Crippen LogP contribution in [0.25, 0.3) is 80.9 Å². The molecule has 3 aliphatic rings. The Bertz CT molecular complexity index is 3040. The summed E-state index contributed by atoms with van der Waals surface area (Å²) < 4.78 is 22.3. The summed E-state index contributed by atoms with van der Waals surface area (Å²) in [5, 5.41) is 25.7. The third-order valence-electron chi connectivity index (χ3n) is 11.7. The zero-order chi connectivity index (χ0) is 48.2. The molecule has 0 amide bonds. The Morgan fingerprint density at radius 1 is 0.426 bits per heavy atom. The van der Waals surface area contributed by atoms with Gasteiger partial charge in [-0.05, 0) is 102 Å². The van der Waals surface area contributed by atoms with Crippen LogP contribution in [0.2, 0.25) is 0 Å². The van der Waals surface area contributed by atoms with E-state index in [-0.39, 0.29) is 12.6 Å². The van der Waals surface area contributed by atoms with Gasteiger partial charge in [0.05, 0.1) is 0 Å². The minimum absolute atomic E-state index is 0.195. The van der Waals surface area contributed by atoms with Crippen molar-refractivity contribution in [1.29, 1.82) is 0 Å². The van der Waals surface area contributed by atoms with Crippen LogP contribution < -0.4 is 9.47 Å². The van der Waals surface area contributed by atoms with Crippen LogP contribution in [-0.2, 0) is 9.47 Å². The number of benzene rings is 8. The first kappa shape index (κ1) is 48.3. The lowest BCUT2D eigenvalue weighted by Crippen LogP contribution is -2.25. The van der Waals surface area contributed by atoms with Crippen LogP contribution in [0.15, 0.2) is 159 Å². The van der Waals surface area contributed by atoms with E-state index < -0.39 is 0 Å². The Morgan fingerprint density at radius 3 is 1.32 bits per heavy atom. The van der Waals surface area contributed by atoms with Crippen molar-refractivity contribution in [1.82, 2.24) is 0 Å². The van der Waals surface area contributed by atoms with E-state index >= 15 is 0 Å². The van der Waals surface area contributed by atoms with E-state index in [1.807, 2.05) is 60.7 Å². The minimum Gasteiger partial charge on any atom is -0.508 e. The lowest BCUT2D eigenvalue weighted by atomic mass is 10.0. The van der Waals surface area contributed by atoms with E-state index in [9.17, 15) is 5.11 Å². The van der Waals surface area contributed by atoms with Crippen molar-refractivity contribution < 1.29 is 29.2 Å². The maximum Gasteiger partial charge on any atom is 0.201 e. The molecule has 0 bridgehead atoms. The van der Waals surface area contributed by atoms with Gasteiger partial charge < -0.3 is 29.2 Å². The van der Waals surface area contributed by atoms with Gasteiger partial charge in [0.2, 0.25) is 12.6 Å². The van der Waals surface area contributed by atoms with Gasteiger partial charge in [0.15, 0.2) is 0 Å². The Kier molecular flexibility index (Phi) is 16.1. The maximum absolute atomic E-state index is 9.62. The van der Waals surface area contributed by atoms with Crippen molar-refractivity contribution in [3.05, 3.63) is 203 Å². The lowest BCUT2D eigenvalue weighted by molar-refractivity contribution is -0.0834. The van der Waals surface area contributed by atoms with Crippen molar-refractivity contribution >= 4 is 80.9 Å². The average molecular weight is 901 g/mol. The molecule has 0 saturated carbocycles. The highest BCUT2D eigenvalue weighted by atomic mass is 16.7. The van der Waals surface area contributed by atoms with E-state index in [0.717, 1.165) is 33.4 Å². The summed E-state index contributed by atoms with van der Waals surface area (Å²) >= 11 is 0. The van der Waals surface area contributed by atoms with Gasteiger partial charge in [0.25, 0.3) is 0 Å². The van der Waals surface area contributed by atoms with Crippen molar-refractivity contribution in [3.8, 4) is 23.0 Å². The van der Waals surface area contributed by atoms with Crippen LogP contribution in [0.5, 0.6) is 23.0 Å². The molecule has 0 aromatic heterocycles. The summed E-state index contributed by atoms with van der Waals surface area (Å²) in [6.07, 6.45) is 15.9. The summed E-state index contributed by atoms with van der Waals surface area (Å²) in [6.45, 7) is 15.6. The summed E-state index contributed by atoms with van der Waals surface area (Å²) in [4.78, 5) is 0. The number of methoxy groups -OCH3 is 2. The number of hydrogen-bond acceptors (Lipinski definition) is 6. The molecule has 6 nitrogen and oxygen atoms in total. The van der Waals surface area contributed by atoms with Gasteiger partial charge >= 0.3 is 0 Å². The zero-order valence-electron chi connectivity index (χ0n) is 39.7. The molecule has 344 valence electrons. The second-order valence-electron chi connectivity index (χ2n) is 17.2. The number of phenols is 2. The smallest absolute Gasteiger partial charge is 0.201 e. The Balaban J connectivity index is 0.000000128. The van der Waals surface area contributed by atoms with Crippen LogP contribution in [0.3, 0.4) is 0 Å². The molecule has 0 saturated heterocycles. The monoisotopic (exact) mass is 900 g/mol. The SMILES string of the molecule is C1=Cc2cccc3cccc1c23.C=Cc1ccc(O)cc1.C=Cc1ccc(OC(OC)C(C)C)cc1.COC(Oc1ccc2c3c(cccc13)C=C2)C(C)C.Oc1ccc2c3c(cccc13)C=C2. The molecule has 68 heavy (non-hydrogen) atoms. The predicted molar refractivity (Wildman–Crippen MR) is 288 cm³/mol. The van der Waals surface area contributed by atoms with E-state index in [1.165, 1.54) is 54.9 Å². The maximum atomic E-state index is 9.62. The van der Waals surface area contributed by atoms with Gasteiger partial charge in [0.1, 0.15) is 23.0 Å². The van der Waals surface area contributed by atoms with Gasteiger partial charge in [-0.2, -0.15) is 0 Å². The zero-order valence-corrected chi connectivity index (χ0v) is 39.7. The summed E-state index contributed by atoms with van der Waals surface area (Å²) in [5.41, 5.74) is 9.72. The Labute approximate surface area is 401 Å². The first-order chi connectivity index (χ1) is 33.0. The first-order valence-electron chi connectivity index (χ1n) is 22.9. The number of aromatic hydroxyl groups is 2. The van der Waals surface area contributed by atoms with Gasteiger partial charge in [-0.3, -0.25) is 0 Å². The lowest BCUT2D eigenvalue weighted by Gasteiger charge is -2.22. The quantitative estimate of drug-likeness (QED) is 0.133. The van der Waals surface area contributed by atoms with Gasteiger partial charge in [0, 0.05) is 36.8 Å². The van der Waals surface area contributed by atoms with Crippen LogP contribution in [0.4, 0.5) is 0 Å². The third-order valence-corrected chi connectivity index (χ3v) is 11.7. The molecule has 2 unspecified atom stereocenters. The van der Waals surface area contributed by atoms with Gasteiger partial charge in [-0.25, -0.2) is 0 Å². The van der Waals surface area contributed by atoms with Crippen LogP contribution in [0, 0.1) is 11.8 Å². The summed E-state index contributed by atoms with van der Waals surface area (Å²) in [5.74, 6) is 3.01. The molecule has 0 aliphatic heterocycles. The largest absolute Gasteiger partial charge is 0.508 e. The van der Waals surface area contributed by atoms with E-state index in [0.29, 0.717) is 23.3 Å². The molecule has 6 heteroatoms. The fraction of sp³-hybridized carbons (Fsp3) is 0.161. The molecule has 2 N–H and O–H groups in total. The van der Waals surface area contributed by atoms with Crippen molar-refractivity contribution in [2.24, 2.45) is 11.8 Å².